The van der Waals surface area contributed by atoms with E-state index in [2.05, 4.69) is 53.4 Å². The van der Waals surface area contributed by atoms with Gasteiger partial charge in [-0.1, -0.05) is 18.2 Å². The van der Waals surface area contributed by atoms with Gasteiger partial charge in [0.15, 0.2) is 0 Å². The minimum absolute atomic E-state index is 0.0237. The Morgan fingerprint density at radius 1 is 1.00 bits per heavy atom. The molecule has 2 heterocycles. The predicted octanol–water partition coefficient (Wildman–Crippen LogP) is 3.55. The Kier molecular flexibility index (Phi) is 7.52. The lowest BCUT2D eigenvalue weighted by molar-refractivity contribution is -0.132. The Bertz CT molecular complexity index is 1330. The van der Waals surface area contributed by atoms with E-state index in [-0.39, 0.29) is 36.2 Å². The summed E-state index contributed by atoms with van der Waals surface area (Å²) in [7, 11) is 0. The van der Waals surface area contributed by atoms with Crippen molar-refractivity contribution in [3.8, 4) is 0 Å². The first-order valence-corrected chi connectivity index (χ1v) is 12.3. The highest BCUT2D eigenvalue weighted by Crippen LogP contribution is 2.22. The number of hydrogen-bond donors (Lipinski definition) is 1. The normalized spacial score (nSPS) is 15.6. The third-order valence-corrected chi connectivity index (χ3v) is 6.72. The number of carbonyl (C=O) groups is 2. The number of aryl methyl sites for hydroxylation is 4. The van der Waals surface area contributed by atoms with Crippen LogP contribution >= 0.6 is 0 Å². The van der Waals surface area contributed by atoms with Crippen LogP contribution in [0.25, 0.3) is 0 Å². The van der Waals surface area contributed by atoms with E-state index in [0.717, 1.165) is 17.7 Å². The second-order valence-electron chi connectivity index (χ2n) is 9.50. The number of aromatic nitrogens is 2. The SMILES string of the molecule is Cc1cccc(N2CCN(C(=O)CCn3nc(C(=O)Nc4ccc(C)c(C)c4)ccc3=O)CC2C)c1. The molecule has 36 heavy (non-hydrogen) atoms. The highest BCUT2D eigenvalue weighted by molar-refractivity contribution is 6.02. The summed E-state index contributed by atoms with van der Waals surface area (Å²) >= 11 is 0. The highest BCUT2D eigenvalue weighted by atomic mass is 16.2. The molecule has 0 aliphatic carbocycles. The molecule has 8 heteroatoms. The van der Waals surface area contributed by atoms with E-state index in [9.17, 15) is 14.4 Å². The van der Waals surface area contributed by atoms with Gasteiger partial charge in [0.05, 0.1) is 6.54 Å². The molecule has 4 rings (SSSR count). The molecule has 0 spiro atoms. The fourth-order valence-corrected chi connectivity index (χ4v) is 4.48. The maximum Gasteiger partial charge on any atom is 0.276 e. The molecule has 1 aliphatic rings. The molecule has 2 aromatic carbocycles. The first-order chi connectivity index (χ1) is 17.2. The van der Waals surface area contributed by atoms with Crippen molar-refractivity contribution in [3.63, 3.8) is 0 Å². The average molecular weight is 488 g/mol. The number of carbonyl (C=O) groups excluding carboxylic acids is 2. The summed E-state index contributed by atoms with van der Waals surface area (Å²) in [6.45, 7) is 10.3. The van der Waals surface area contributed by atoms with Crippen molar-refractivity contribution in [3.05, 3.63) is 87.3 Å². The van der Waals surface area contributed by atoms with E-state index in [1.54, 1.807) is 0 Å². The Labute approximate surface area is 211 Å². The van der Waals surface area contributed by atoms with E-state index in [1.807, 2.05) is 36.9 Å². The number of amides is 2. The Morgan fingerprint density at radius 3 is 2.53 bits per heavy atom. The van der Waals surface area contributed by atoms with Crippen LogP contribution in [0.1, 0.15) is 40.5 Å². The third-order valence-electron chi connectivity index (χ3n) is 6.72. The molecule has 1 atom stereocenters. The van der Waals surface area contributed by atoms with Gasteiger partial charge in [0.1, 0.15) is 5.69 Å². The van der Waals surface area contributed by atoms with Crippen LogP contribution in [0.5, 0.6) is 0 Å². The molecule has 1 fully saturated rings. The zero-order valence-electron chi connectivity index (χ0n) is 21.3. The van der Waals surface area contributed by atoms with Gasteiger partial charge in [-0.3, -0.25) is 14.4 Å². The van der Waals surface area contributed by atoms with Crippen LogP contribution in [0.2, 0.25) is 0 Å². The van der Waals surface area contributed by atoms with Crippen LogP contribution in [-0.2, 0) is 11.3 Å². The zero-order chi connectivity index (χ0) is 25.8. The van der Waals surface area contributed by atoms with E-state index in [0.29, 0.717) is 18.8 Å². The summed E-state index contributed by atoms with van der Waals surface area (Å²) in [6, 6.07) is 16.9. The van der Waals surface area contributed by atoms with Crippen LogP contribution in [-0.4, -0.2) is 52.2 Å². The monoisotopic (exact) mass is 487 g/mol. The molecule has 2 amide bonds. The molecule has 8 nitrogen and oxygen atoms in total. The number of piperazine rings is 1. The van der Waals surface area contributed by atoms with Crippen molar-refractivity contribution in [2.75, 3.05) is 29.9 Å². The number of rotatable bonds is 6. The Balaban J connectivity index is 1.36. The minimum Gasteiger partial charge on any atom is -0.365 e. The molecular formula is C28H33N5O3. The smallest absolute Gasteiger partial charge is 0.276 e. The first-order valence-electron chi connectivity index (χ1n) is 12.3. The number of nitrogens with one attached hydrogen (secondary N) is 1. The van der Waals surface area contributed by atoms with Crippen LogP contribution < -0.4 is 15.8 Å². The second kappa shape index (κ2) is 10.8. The van der Waals surface area contributed by atoms with Gasteiger partial charge in [-0.2, -0.15) is 5.10 Å². The summed E-state index contributed by atoms with van der Waals surface area (Å²) in [5.41, 5.74) is 5.02. The first kappa shape index (κ1) is 25.2. The highest BCUT2D eigenvalue weighted by Gasteiger charge is 2.27. The molecule has 0 saturated carbocycles. The summed E-state index contributed by atoms with van der Waals surface area (Å²) < 4.78 is 1.19. The van der Waals surface area contributed by atoms with Crippen LogP contribution in [0.15, 0.2) is 59.4 Å². The Morgan fingerprint density at radius 2 is 1.81 bits per heavy atom. The topological polar surface area (TPSA) is 87.5 Å². The fourth-order valence-electron chi connectivity index (χ4n) is 4.48. The number of anilines is 2. The van der Waals surface area contributed by atoms with E-state index >= 15 is 0 Å². The molecule has 1 aromatic heterocycles. The second-order valence-corrected chi connectivity index (χ2v) is 9.50. The quantitative estimate of drug-likeness (QED) is 0.575. The van der Waals surface area contributed by atoms with E-state index in [1.165, 1.54) is 28.1 Å². The predicted molar refractivity (Wildman–Crippen MR) is 142 cm³/mol. The van der Waals surface area contributed by atoms with Gasteiger partial charge in [-0.15, -0.1) is 0 Å². The molecule has 1 saturated heterocycles. The lowest BCUT2D eigenvalue weighted by Crippen LogP contribution is -2.54. The van der Waals surface area contributed by atoms with Crippen molar-refractivity contribution in [1.29, 1.82) is 0 Å². The van der Waals surface area contributed by atoms with E-state index in [4.69, 9.17) is 0 Å². The molecule has 3 aromatic rings. The summed E-state index contributed by atoms with van der Waals surface area (Å²) in [5.74, 6) is -0.427. The van der Waals surface area contributed by atoms with Gasteiger partial charge in [0.25, 0.3) is 11.5 Å². The van der Waals surface area contributed by atoms with Gasteiger partial charge in [-0.05, 0) is 74.7 Å². The molecule has 0 radical (unpaired) electrons. The molecule has 1 unspecified atom stereocenters. The maximum atomic E-state index is 12.9. The summed E-state index contributed by atoms with van der Waals surface area (Å²) in [6.07, 6.45) is 0.145. The number of benzene rings is 2. The summed E-state index contributed by atoms with van der Waals surface area (Å²) in [5, 5.41) is 7.03. The van der Waals surface area contributed by atoms with Crippen molar-refractivity contribution >= 4 is 23.2 Å². The number of hydrogen-bond acceptors (Lipinski definition) is 5. The fraction of sp³-hybridized carbons (Fsp3) is 0.357. The van der Waals surface area contributed by atoms with Gasteiger partial charge < -0.3 is 15.1 Å². The van der Waals surface area contributed by atoms with Gasteiger partial charge in [0, 0.05) is 49.5 Å². The number of nitrogens with zero attached hydrogens (tertiary/aromatic N) is 4. The van der Waals surface area contributed by atoms with Crippen molar-refractivity contribution in [2.45, 2.75) is 46.7 Å². The summed E-state index contributed by atoms with van der Waals surface area (Å²) in [4.78, 5) is 42.1. The maximum absolute atomic E-state index is 12.9. The molecule has 1 aliphatic heterocycles. The zero-order valence-corrected chi connectivity index (χ0v) is 21.3. The van der Waals surface area contributed by atoms with Crippen molar-refractivity contribution in [1.82, 2.24) is 14.7 Å². The van der Waals surface area contributed by atoms with E-state index < -0.39 is 5.91 Å². The molecule has 0 bridgehead atoms. The molecule has 1 N–H and O–H groups in total. The van der Waals surface area contributed by atoms with Crippen LogP contribution in [0.3, 0.4) is 0 Å². The molecular weight excluding hydrogens is 454 g/mol. The van der Waals surface area contributed by atoms with Crippen molar-refractivity contribution < 1.29 is 9.59 Å². The third kappa shape index (κ3) is 5.82. The van der Waals surface area contributed by atoms with Gasteiger partial charge in [0.2, 0.25) is 5.91 Å². The average Bonchev–Trinajstić information content (AvgIpc) is 2.85. The van der Waals surface area contributed by atoms with Gasteiger partial charge >= 0.3 is 0 Å². The van der Waals surface area contributed by atoms with Crippen molar-refractivity contribution in [2.24, 2.45) is 0 Å². The van der Waals surface area contributed by atoms with Crippen LogP contribution in [0, 0.1) is 20.8 Å². The standard InChI is InChI=1S/C28H33N5O3/c1-19-6-5-7-24(16-19)32-15-14-31(18-22(32)4)26(34)12-13-33-27(35)11-10-25(30-33)28(36)29-23-9-8-20(2)21(3)17-23/h5-11,16-17,22H,12-15,18H2,1-4H3,(H,29,36). The Hall–Kier alpha value is -3.94. The molecule has 188 valence electrons. The van der Waals surface area contributed by atoms with Crippen LogP contribution in [0.4, 0.5) is 11.4 Å². The minimum atomic E-state index is -0.403. The van der Waals surface area contributed by atoms with Gasteiger partial charge in [-0.25, -0.2) is 4.68 Å². The lowest BCUT2D eigenvalue weighted by atomic mass is 10.1. The largest absolute Gasteiger partial charge is 0.365 e. The lowest BCUT2D eigenvalue weighted by Gasteiger charge is -2.41.